The van der Waals surface area contributed by atoms with E-state index < -0.39 is 0 Å². The Kier molecular flexibility index (Phi) is 2.79. The first-order chi connectivity index (χ1) is 5.25. The summed E-state index contributed by atoms with van der Waals surface area (Å²) in [5.74, 6) is 0. The first-order valence-corrected chi connectivity index (χ1v) is 3.59. The molecule has 3 nitrogen and oxygen atoms in total. The Balaban J connectivity index is 3.09. The van der Waals surface area contributed by atoms with Crippen LogP contribution >= 0.6 is 23.2 Å². The molecule has 0 aliphatic carbocycles. The summed E-state index contributed by atoms with van der Waals surface area (Å²) in [4.78, 5) is 13.6. The maximum Gasteiger partial charge on any atom is 0.135 e. The van der Waals surface area contributed by atoms with Gasteiger partial charge in [0.2, 0.25) is 0 Å². The van der Waals surface area contributed by atoms with Crippen LogP contribution in [0.3, 0.4) is 0 Å². The summed E-state index contributed by atoms with van der Waals surface area (Å²) in [6.45, 7) is -0.0362. The normalized spacial score (nSPS) is 9.64. The molecule has 0 saturated heterocycles. The van der Waals surface area contributed by atoms with E-state index in [1.807, 2.05) is 0 Å². The minimum Gasteiger partial charge on any atom is -0.244 e. The second-order valence-corrected chi connectivity index (χ2v) is 2.61. The Labute approximate surface area is 73.3 Å². The maximum atomic E-state index is 9.88. The number of rotatable bonds is 2. The van der Waals surface area contributed by atoms with E-state index in [2.05, 4.69) is 10.2 Å². The van der Waals surface area contributed by atoms with Gasteiger partial charge >= 0.3 is 0 Å². The summed E-state index contributed by atoms with van der Waals surface area (Å²) in [5.41, 5.74) is 0.478. The predicted molar refractivity (Wildman–Crippen MR) is 43.8 cm³/mol. The second-order valence-electron chi connectivity index (χ2n) is 1.85. The third-order valence-electron chi connectivity index (χ3n) is 1.17. The highest BCUT2D eigenvalue weighted by Gasteiger charge is 2.05. The first kappa shape index (κ1) is 8.43. The molecule has 0 bridgehead atoms. The minimum atomic E-state index is -0.0362. The highest BCUT2D eigenvalue weighted by Crippen LogP contribution is 2.22. The van der Waals surface area contributed by atoms with Gasteiger partial charge in [-0.2, -0.15) is 4.91 Å². The minimum absolute atomic E-state index is 0.0362. The smallest absolute Gasteiger partial charge is 0.135 e. The summed E-state index contributed by atoms with van der Waals surface area (Å²) < 4.78 is 0. The number of nitroso groups, excluding NO2 is 1. The largest absolute Gasteiger partial charge is 0.244 e. The molecule has 0 radical (unpaired) electrons. The molecule has 0 saturated carbocycles. The molecule has 0 fully saturated rings. The molecular weight excluding hydrogens is 187 g/mol. The van der Waals surface area contributed by atoms with Gasteiger partial charge in [-0.25, -0.2) is 4.98 Å². The average Bonchev–Trinajstić information content (AvgIpc) is 1.97. The van der Waals surface area contributed by atoms with Crippen LogP contribution in [0.25, 0.3) is 0 Å². The Morgan fingerprint density at radius 1 is 1.55 bits per heavy atom. The van der Waals surface area contributed by atoms with Crippen LogP contribution in [-0.2, 0) is 6.54 Å². The zero-order valence-electron chi connectivity index (χ0n) is 5.42. The van der Waals surface area contributed by atoms with Crippen molar-refractivity contribution in [2.75, 3.05) is 0 Å². The molecule has 0 spiro atoms. The van der Waals surface area contributed by atoms with E-state index in [0.29, 0.717) is 10.6 Å². The molecule has 0 aliphatic rings. The molecule has 1 aromatic heterocycles. The van der Waals surface area contributed by atoms with Crippen LogP contribution in [0.2, 0.25) is 10.2 Å². The van der Waals surface area contributed by atoms with Gasteiger partial charge in [0.05, 0.1) is 5.02 Å². The topological polar surface area (TPSA) is 42.3 Å². The molecule has 0 aliphatic heterocycles. The highest BCUT2D eigenvalue weighted by molar-refractivity contribution is 6.35. The molecular formula is C6H4Cl2N2O. The fraction of sp³-hybridized carbons (Fsp3) is 0.167. The van der Waals surface area contributed by atoms with E-state index in [9.17, 15) is 4.91 Å². The lowest BCUT2D eigenvalue weighted by molar-refractivity contribution is 1.03. The van der Waals surface area contributed by atoms with Crippen molar-refractivity contribution in [3.8, 4) is 0 Å². The quantitative estimate of drug-likeness (QED) is 0.532. The lowest BCUT2D eigenvalue weighted by Crippen LogP contribution is -1.87. The van der Waals surface area contributed by atoms with Crippen LogP contribution in [0, 0.1) is 4.91 Å². The fourth-order valence-corrected chi connectivity index (χ4v) is 1.12. The summed E-state index contributed by atoms with van der Waals surface area (Å²) in [6, 6.07) is 1.56. The molecule has 1 aromatic rings. The van der Waals surface area contributed by atoms with Crippen molar-refractivity contribution < 1.29 is 0 Å². The number of halogens is 2. The first-order valence-electron chi connectivity index (χ1n) is 2.83. The molecule has 1 heterocycles. The van der Waals surface area contributed by atoms with Gasteiger partial charge in [-0.05, 0) is 6.07 Å². The predicted octanol–water partition coefficient (Wildman–Crippen LogP) is 2.65. The van der Waals surface area contributed by atoms with Crippen molar-refractivity contribution in [1.82, 2.24) is 4.98 Å². The summed E-state index contributed by atoms with van der Waals surface area (Å²) >= 11 is 11.3. The summed E-state index contributed by atoms with van der Waals surface area (Å²) in [7, 11) is 0. The molecule has 0 N–H and O–H groups in total. The SMILES string of the molecule is O=NCc1c(Cl)ccnc1Cl. The van der Waals surface area contributed by atoms with Crippen LogP contribution in [0.4, 0.5) is 0 Å². The van der Waals surface area contributed by atoms with Gasteiger partial charge in [0.1, 0.15) is 11.7 Å². The number of nitrogens with zero attached hydrogens (tertiary/aromatic N) is 2. The number of hydrogen-bond acceptors (Lipinski definition) is 3. The maximum absolute atomic E-state index is 9.88. The van der Waals surface area contributed by atoms with Crippen LogP contribution in [-0.4, -0.2) is 4.98 Å². The number of aromatic nitrogens is 1. The number of hydrogen-bond donors (Lipinski definition) is 0. The van der Waals surface area contributed by atoms with Crippen molar-refractivity contribution in [3.05, 3.63) is 32.9 Å². The van der Waals surface area contributed by atoms with E-state index in [4.69, 9.17) is 23.2 Å². The molecule has 1 rings (SSSR count). The van der Waals surface area contributed by atoms with Gasteiger partial charge in [0.25, 0.3) is 0 Å². The summed E-state index contributed by atoms with van der Waals surface area (Å²) in [5, 5.41) is 3.32. The monoisotopic (exact) mass is 190 g/mol. The molecule has 0 unspecified atom stereocenters. The number of pyridine rings is 1. The molecule has 11 heavy (non-hydrogen) atoms. The van der Waals surface area contributed by atoms with Crippen molar-refractivity contribution in [3.63, 3.8) is 0 Å². The Morgan fingerprint density at radius 3 is 2.82 bits per heavy atom. The van der Waals surface area contributed by atoms with Gasteiger partial charge in [-0.3, -0.25) is 0 Å². The van der Waals surface area contributed by atoms with E-state index in [1.54, 1.807) is 6.07 Å². The lowest BCUT2D eigenvalue weighted by atomic mass is 10.3. The average molecular weight is 191 g/mol. The highest BCUT2D eigenvalue weighted by atomic mass is 35.5. The molecule has 0 aromatic carbocycles. The molecule has 58 valence electrons. The van der Waals surface area contributed by atoms with Gasteiger partial charge in [0, 0.05) is 11.8 Å². The van der Waals surface area contributed by atoms with Crippen molar-refractivity contribution >= 4 is 23.2 Å². The van der Waals surface area contributed by atoms with Crippen LogP contribution in [0.15, 0.2) is 17.4 Å². The molecule has 5 heteroatoms. The zero-order valence-corrected chi connectivity index (χ0v) is 6.93. The summed E-state index contributed by atoms with van der Waals surface area (Å²) in [6.07, 6.45) is 1.47. The second kappa shape index (κ2) is 3.64. The van der Waals surface area contributed by atoms with Crippen molar-refractivity contribution in [1.29, 1.82) is 0 Å². The molecule has 0 amide bonds. The standard InChI is InChI=1S/C6H4Cl2N2O/c7-5-1-2-9-6(8)4(5)3-10-11/h1-2H,3H2. The zero-order chi connectivity index (χ0) is 8.27. The third kappa shape index (κ3) is 1.88. The Bertz CT molecular complexity index is 257. The van der Waals surface area contributed by atoms with Gasteiger partial charge in [-0.15, -0.1) is 0 Å². The van der Waals surface area contributed by atoms with E-state index >= 15 is 0 Å². The molecule has 0 atom stereocenters. The van der Waals surface area contributed by atoms with Gasteiger partial charge in [0.15, 0.2) is 0 Å². The van der Waals surface area contributed by atoms with Gasteiger partial charge < -0.3 is 0 Å². The van der Waals surface area contributed by atoms with Crippen molar-refractivity contribution in [2.45, 2.75) is 6.54 Å². The third-order valence-corrected chi connectivity index (χ3v) is 1.85. The lowest BCUT2D eigenvalue weighted by Gasteiger charge is -1.98. The fourth-order valence-electron chi connectivity index (χ4n) is 0.651. The Hall–Kier alpha value is -0.670. The van der Waals surface area contributed by atoms with E-state index in [0.717, 1.165) is 0 Å². The van der Waals surface area contributed by atoms with Crippen LogP contribution in [0.5, 0.6) is 0 Å². The van der Waals surface area contributed by atoms with Gasteiger partial charge in [-0.1, -0.05) is 28.4 Å². The van der Waals surface area contributed by atoms with Crippen LogP contribution in [0.1, 0.15) is 5.56 Å². The Morgan fingerprint density at radius 2 is 2.27 bits per heavy atom. The van der Waals surface area contributed by atoms with E-state index in [1.165, 1.54) is 6.20 Å². The van der Waals surface area contributed by atoms with Crippen molar-refractivity contribution in [2.24, 2.45) is 5.18 Å². The van der Waals surface area contributed by atoms with Crippen LogP contribution < -0.4 is 0 Å². The van der Waals surface area contributed by atoms with E-state index in [-0.39, 0.29) is 11.7 Å².